The Morgan fingerprint density at radius 3 is 2.41 bits per heavy atom. The second-order valence-corrected chi connectivity index (χ2v) is 10.4. The largest absolute Gasteiger partial charge is 0.462 e. The van der Waals surface area contributed by atoms with Gasteiger partial charge in [-0.05, 0) is 68.8 Å². The van der Waals surface area contributed by atoms with E-state index >= 15 is 0 Å². The van der Waals surface area contributed by atoms with Crippen LogP contribution in [0, 0.1) is 6.92 Å². The molecule has 9 nitrogen and oxygen atoms in total. The zero-order valence-corrected chi connectivity index (χ0v) is 21.3. The van der Waals surface area contributed by atoms with Gasteiger partial charge in [-0.2, -0.15) is 4.72 Å². The standard InChI is InChI=1S/C27H28N4O5S/c1-18-9-15-22(16-10-18)37(34,35)31-19(2)26(32)28-21-13-11-20(12-14-21)27(33)36-17-5-8-25-29-23-6-3-4-7-24(23)30-25/h3-4,6-7,9-16,19,31H,5,8,17H2,1-2H3,(H,28,32)(H,29,30)/t19-/m1/s1. The van der Waals surface area contributed by atoms with Crippen LogP contribution in [0.25, 0.3) is 11.0 Å². The SMILES string of the molecule is Cc1ccc(S(=O)(=O)N[C@H](C)C(=O)Nc2ccc(C(=O)OCCCc3nc4ccccc4[nH]3)cc2)cc1. The summed E-state index contributed by atoms with van der Waals surface area (Å²) in [4.78, 5) is 32.7. The summed E-state index contributed by atoms with van der Waals surface area (Å²) < 4.78 is 32.7. The molecule has 0 aliphatic heterocycles. The third kappa shape index (κ3) is 6.81. The Bertz CT molecular complexity index is 1460. The Hall–Kier alpha value is -4.02. The number of anilines is 1. The number of benzene rings is 3. The van der Waals surface area contributed by atoms with Crippen molar-refractivity contribution in [3.8, 4) is 0 Å². The molecule has 10 heteroatoms. The molecule has 37 heavy (non-hydrogen) atoms. The molecule has 0 saturated heterocycles. The summed E-state index contributed by atoms with van der Waals surface area (Å²) in [6.45, 7) is 3.56. The molecule has 4 rings (SSSR count). The number of aromatic nitrogens is 2. The third-order valence-electron chi connectivity index (χ3n) is 5.67. The van der Waals surface area contributed by atoms with Crippen molar-refractivity contribution in [1.82, 2.24) is 14.7 Å². The van der Waals surface area contributed by atoms with Crippen LogP contribution in [0.4, 0.5) is 5.69 Å². The summed E-state index contributed by atoms with van der Waals surface area (Å²) in [5.74, 6) is -0.161. The average Bonchev–Trinajstić information content (AvgIpc) is 3.30. The van der Waals surface area contributed by atoms with Gasteiger partial charge in [0.2, 0.25) is 15.9 Å². The molecule has 0 radical (unpaired) electrons. The number of nitrogens with zero attached hydrogens (tertiary/aromatic N) is 1. The number of hydrogen-bond donors (Lipinski definition) is 3. The predicted molar refractivity (Wildman–Crippen MR) is 141 cm³/mol. The molecular weight excluding hydrogens is 492 g/mol. The zero-order valence-electron chi connectivity index (χ0n) is 20.5. The predicted octanol–water partition coefficient (Wildman–Crippen LogP) is 3.97. The molecule has 3 aromatic carbocycles. The van der Waals surface area contributed by atoms with Gasteiger partial charge in [0, 0.05) is 12.1 Å². The number of aromatic amines is 1. The molecule has 3 N–H and O–H groups in total. The van der Waals surface area contributed by atoms with Crippen LogP contribution < -0.4 is 10.0 Å². The average molecular weight is 521 g/mol. The van der Waals surface area contributed by atoms with E-state index < -0.39 is 27.9 Å². The highest BCUT2D eigenvalue weighted by atomic mass is 32.2. The Balaban J connectivity index is 1.23. The minimum absolute atomic E-state index is 0.0817. The van der Waals surface area contributed by atoms with Crippen molar-refractivity contribution in [3.63, 3.8) is 0 Å². The number of H-pyrrole nitrogens is 1. The van der Waals surface area contributed by atoms with Crippen LogP contribution in [0.1, 0.15) is 35.1 Å². The molecule has 0 bridgehead atoms. The number of amides is 1. The van der Waals surface area contributed by atoms with Gasteiger partial charge in [0.15, 0.2) is 0 Å². The van der Waals surface area contributed by atoms with Crippen LogP contribution in [-0.4, -0.2) is 42.9 Å². The molecular formula is C27H28N4O5S. The lowest BCUT2D eigenvalue weighted by Crippen LogP contribution is -2.41. The Labute approximate surface area is 215 Å². The molecule has 1 aromatic heterocycles. The lowest BCUT2D eigenvalue weighted by molar-refractivity contribution is -0.117. The number of para-hydroxylation sites is 2. The van der Waals surface area contributed by atoms with Crippen LogP contribution in [0.15, 0.2) is 77.7 Å². The second-order valence-electron chi connectivity index (χ2n) is 8.66. The number of imidazole rings is 1. The van der Waals surface area contributed by atoms with Crippen molar-refractivity contribution in [1.29, 1.82) is 0 Å². The molecule has 0 fully saturated rings. The molecule has 0 unspecified atom stereocenters. The van der Waals surface area contributed by atoms with E-state index in [2.05, 4.69) is 20.0 Å². The van der Waals surface area contributed by atoms with Gasteiger partial charge in [-0.3, -0.25) is 4.79 Å². The molecule has 1 atom stereocenters. The summed E-state index contributed by atoms with van der Waals surface area (Å²) in [7, 11) is -3.85. The van der Waals surface area contributed by atoms with Crippen LogP contribution >= 0.6 is 0 Å². The number of rotatable bonds is 10. The number of sulfonamides is 1. The molecule has 0 aliphatic carbocycles. The first-order chi connectivity index (χ1) is 17.7. The highest BCUT2D eigenvalue weighted by molar-refractivity contribution is 7.89. The maximum absolute atomic E-state index is 12.5. The highest BCUT2D eigenvalue weighted by Crippen LogP contribution is 2.14. The van der Waals surface area contributed by atoms with Gasteiger partial charge in [-0.25, -0.2) is 18.2 Å². The van der Waals surface area contributed by atoms with Crippen molar-refractivity contribution in [2.75, 3.05) is 11.9 Å². The summed E-state index contributed by atoms with van der Waals surface area (Å²) >= 11 is 0. The van der Waals surface area contributed by atoms with Gasteiger partial charge in [0.1, 0.15) is 5.82 Å². The molecule has 192 valence electrons. The van der Waals surface area contributed by atoms with E-state index in [-0.39, 0.29) is 11.5 Å². The van der Waals surface area contributed by atoms with Crippen molar-refractivity contribution >= 4 is 38.6 Å². The Morgan fingerprint density at radius 2 is 1.70 bits per heavy atom. The fourth-order valence-electron chi connectivity index (χ4n) is 3.62. The molecule has 1 amide bonds. The number of carbonyl (C=O) groups excluding carboxylic acids is 2. The lowest BCUT2D eigenvalue weighted by atomic mass is 10.2. The van der Waals surface area contributed by atoms with Gasteiger partial charge in [-0.1, -0.05) is 29.8 Å². The van der Waals surface area contributed by atoms with Crippen LogP contribution in [0.3, 0.4) is 0 Å². The minimum Gasteiger partial charge on any atom is -0.462 e. The monoisotopic (exact) mass is 520 g/mol. The number of ether oxygens (including phenoxy) is 1. The first-order valence-electron chi connectivity index (χ1n) is 11.8. The number of esters is 1. The normalized spacial score (nSPS) is 12.3. The zero-order chi connectivity index (χ0) is 26.4. The maximum Gasteiger partial charge on any atom is 0.338 e. The van der Waals surface area contributed by atoms with E-state index in [1.807, 2.05) is 31.2 Å². The smallest absolute Gasteiger partial charge is 0.338 e. The van der Waals surface area contributed by atoms with Crippen LogP contribution in [0.5, 0.6) is 0 Å². The van der Waals surface area contributed by atoms with E-state index in [1.54, 1.807) is 36.4 Å². The highest BCUT2D eigenvalue weighted by Gasteiger charge is 2.22. The number of carbonyl (C=O) groups is 2. The fraction of sp³-hybridized carbons (Fsp3) is 0.222. The van der Waals surface area contributed by atoms with Crippen molar-refractivity contribution < 1.29 is 22.7 Å². The van der Waals surface area contributed by atoms with E-state index in [4.69, 9.17) is 4.74 Å². The first kappa shape index (κ1) is 26.1. The Kier molecular flexibility index (Phi) is 8.00. The second kappa shape index (κ2) is 11.4. The quantitative estimate of drug-likeness (QED) is 0.214. The summed E-state index contributed by atoms with van der Waals surface area (Å²) in [5.41, 5.74) is 3.57. The van der Waals surface area contributed by atoms with E-state index in [0.717, 1.165) is 22.4 Å². The fourth-order valence-corrected chi connectivity index (χ4v) is 4.83. The first-order valence-corrected chi connectivity index (χ1v) is 13.3. The number of aryl methyl sites for hydroxylation is 2. The van der Waals surface area contributed by atoms with Crippen molar-refractivity contribution in [3.05, 3.63) is 89.7 Å². The summed E-state index contributed by atoms with van der Waals surface area (Å²) in [6, 6.07) is 19.3. The number of fused-ring (bicyclic) bond motifs is 1. The summed E-state index contributed by atoms with van der Waals surface area (Å²) in [6.07, 6.45) is 1.27. The molecule has 4 aromatic rings. The number of hydrogen-bond acceptors (Lipinski definition) is 6. The summed E-state index contributed by atoms with van der Waals surface area (Å²) in [5, 5.41) is 2.64. The van der Waals surface area contributed by atoms with Gasteiger partial charge in [0.05, 0.1) is 34.1 Å². The lowest BCUT2D eigenvalue weighted by Gasteiger charge is -2.15. The van der Waals surface area contributed by atoms with Crippen molar-refractivity contribution in [2.45, 2.75) is 37.6 Å². The van der Waals surface area contributed by atoms with E-state index in [9.17, 15) is 18.0 Å². The van der Waals surface area contributed by atoms with E-state index in [0.29, 0.717) is 24.1 Å². The van der Waals surface area contributed by atoms with E-state index in [1.165, 1.54) is 19.1 Å². The third-order valence-corrected chi connectivity index (χ3v) is 7.23. The molecule has 0 saturated carbocycles. The number of nitrogens with one attached hydrogen (secondary N) is 3. The molecule has 1 heterocycles. The van der Waals surface area contributed by atoms with Crippen molar-refractivity contribution in [2.24, 2.45) is 0 Å². The topological polar surface area (TPSA) is 130 Å². The van der Waals surface area contributed by atoms with Gasteiger partial charge in [-0.15, -0.1) is 0 Å². The minimum atomic E-state index is -3.85. The van der Waals surface area contributed by atoms with Gasteiger partial charge >= 0.3 is 5.97 Å². The van der Waals surface area contributed by atoms with Gasteiger partial charge in [0.25, 0.3) is 0 Å². The van der Waals surface area contributed by atoms with Crippen LogP contribution in [-0.2, 0) is 26.0 Å². The maximum atomic E-state index is 12.5. The van der Waals surface area contributed by atoms with Crippen LogP contribution in [0.2, 0.25) is 0 Å². The van der Waals surface area contributed by atoms with Gasteiger partial charge < -0.3 is 15.0 Å². The molecule has 0 aliphatic rings. The molecule has 0 spiro atoms. The Morgan fingerprint density at radius 1 is 1.00 bits per heavy atom.